The highest BCUT2D eigenvalue weighted by Gasteiger charge is 2.02. The minimum atomic E-state index is -2.76. The molecule has 0 unspecified atom stereocenters. The summed E-state index contributed by atoms with van der Waals surface area (Å²) in [6.07, 6.45) is 2.22. The lowest BCUT2D eigenvalue weighted by Gasteiger charge is -2.07. The summed E-state index contributed by atoms with van der Waals surface area (Å²) in [7, 11) is 0. The van der Waals surface area contributed by atoms with Gasteiger partial charge in [-0.3, -0.25) is 0 Å². The van der Waals surface area contributed by atoms with Crippen LogP contribution in [0.25, 0.3) is 0 Å². The van der Waals surface area contributed by atoms with Crippen LogP contribution >= 0.6 is 0 Å². The third kappa shape index (κ3) is 4.63. The molecular weight excluding hydrogens is 200 g/mol. The van der Waals surface area contributed by atoms with E-state index >= 15 is 0 Å². The number of anilines is 1. The first-order valence-electron chi connectivity index (χ1n) is 5.01. The molecule has 0 saturated carbocycles. The van der Waals surface area contributed by atoms with Crippen molar-refractivity contribution in [1.82, 2.24) is 0 Å². The molecule has 0 heterocycles. The Balaban J connectivity index is 2.42. The van der Waals surface area contributed by atoms with Crippen molar-refractivity contribution in [1.29, 1.82) is 0 Å². The zero-order chi connectivity index (χ0) is 11.1. The highest BCUT2D eigenvalue weighted by molar-refractivity contribution is 5.46. The largest absolute Gasteiger partial charge is 0.435 e. The van der Waals surface area contributed by atoms with Crippen molar-refractivity contribution in [2.24, 2.45) is 0 Å². The summed E-state index contributed by atoms with van der Waals surface area (Å²) < 4.78 is 27.9. The Morgan fingerprint density at radius 1 is 1.27 bits per heavy atom. The minimum absolute atomic E-state index is 0.186. The van der Waals surface area contributed by atoms with E-state index in [4.69, 9.17) is 0 Å². The van der Waals surface area contributed by atoms with Crippen LogP contribution in [0, 0.1) is 0 Å². The van der Waals surface area contributed by atoms with Gasteiger partial charge in [0.1, 0.15) is 5.75 Å². The average Bonchev–Trinajstić information content (AvgIpc) is 2.20. The molecule has 4 heteroatoms. The predicted octanol–water partition coefficient (Wildman–Crippen LogP) is 3.50. The van der Waals surface area contributed by atoms with Gasteiger partial charge in [-0.25, -0.2) is 0 Å². The van der Waals surface area contributed by atoms with Crippen molar-refractivity contribution < 1.29 is 13.5 Å². The zero-order valence-corrected chi connectivity index (χ0v) is 8.67. The summed E-state index contributed by atoms with van der Waals surface area (Å²) in [5.74, 6) is 0.186. The van der Waals surface area contributed by atoms with Crippen molar-refractivity contribution in [3.8, 4) is 5.75 Å². The number of hydrogen-bond acceptors (Lipinski definition) is 2. The van der Waals surface area contributed by atoms with Gasteiger partial charge in [0.25, 0.3) is 0 Å². The van der Waals surface area contributed by atoms with Crippen LogP contribution in [-0.2, 0) is 0 Å². The molecule has 0 aromatic heterocycles. The Bertz CT molecular complexity index is 274. The lowest BCUT2D eigenvalue weighted by Crippen LogP contribution is -2.03. The molecule has 15 heavy (non-hydrogen) atoms. The van der Waals surface area contributed by atoms with Crippen LogP contribution in [0.3, 0.4) is 0 Å². The Morgan fingerprint density at radius 3 is 2.47 bits per heavy atom. The van der Waals surface area contributed by atoms with E-state index in [1.807, 2.05) is 0 Å². The molecule has 0 aliphatic carbocycles. The van der Waals surface area contributed by atoms with Crippen molar-refractivity contribution in [3.05, 3.63) is 24.3 Å². The van der Waals surface area contributed by atoms with Gasteiger partial charge in [-0.15, -0.1) is 0 Å². The molecule has 0 amide bonds. The Morgan fingerprint density at radius 2 is 1.93 bits per heavy atom. The number of ether oxygens (including phenoxy) is 1. The molecule has 0 aliphatic heterocycles. The van der Waals surface area contributed by atoms with E-state index in [1.165, 1.54) is 12.1 Å². The summed E-state index contributed by atoms with van der Waals surface area (Å²) in [4.78, 5) is 0. The van der Waals surface area contributed by atoms with Crippen LogP contribution in [0.15, 0.2) is 24.3 Å². The zero-order valence-electron chi connectivity index (χ0n) is 8.67. The van der Waals surface area contributed by atoms with Gasteiger partial charge >= 0.3 is 6.61 Å². The minimum Gasteiger partial charge on any atom is -0.435 e. The Kier molecular flexibility index (Phi) is 4.87. The molecule has 1 N–H and O–H groups in total. The van der Waals surface area contributed by atoms with Gasteiger partial charge in [0.05, 0.1) is 0 Å². The van der Waals surface area contributed by atoms with Crippen LogP contribution in [0.1, 0.15) is 19.8 Å². The molecule has 1 aromatic carbocycles. The van der Waals surface area contributed by atoms with E-state index in [2.05, 4.69) is 17.0 Å². The third-order valence-corrected chi connectivity index (χ3v) is 1.94. The highest BCUT2D eigenvalue weighted by Crippen LogP contribution is 2.17. The van der Waals surface area contributed by atoms with E-state index < -0.39 is 6.61 Å². The molecule has 84 valence electrons. The van der Waals surface area contributed by atoms with Gasteiger partial charge in [0, 0.05) is 12.2 Å². The number of benzene rings is 1. The second-order valence-corrected chi connectivity index (χ2v) is 3.18. The standard InChI is InChI=1S/C11H15F2NO/c1-2-3-8-14-9-4-6-10(7-5-9)15-11(12)13/h4-7,11,14H,2-3,8H2,1H3. The summed E-state index contributed by atoms with van der Waals surface area (Å²) in [5, 5.41) is 3.18. The topological polar surface area (TPSA) is 21.3 Å². The number of rotatable bonds is 6. The van der Waals surface area contributed by atoms with Crippen LogP contribution in [0.5, 0.6) is 5.75 Å². The van der Waals surface area contributed by atoms with E-state index in [-0.39, 0.29) is 5.75 Å². The summed E-state index contributed by atoms with van der Waals surface area (Å²) >= 11 is 0. The van der Waals surface area contributed by atoms with Gasteiger partial charge in [-0.2, -0.15) is 8.78 Å². The lowest BCUT2D eigenvalue weighted by atomic mass is 10.3. The second-order valence-electron chi connectivity index (χ2n) is 3.18. The molecule has 0 atom stereocenters. The fourth-order valence-corrected chi connectivity index (χ4v) is 1.16. The number of hydrogen-bond donors (Lipinski definition) is 1. The molecule has 1 rings (SSSR count). The Hall–Kier alpha value is -1.32. The molecule has 1 aromatic rings. The average molecular weight is 215 g/mol. The molecule has 0 radical (unpaired) electrons. The van der Waals surface area contributed by atoms with Gasteiger partial charge in [-0.05, 0) is 30.7 Å². The highest BCUT2D eigenvalue weighted by atomic mass is 19.3. The molecule has 0 spiro atoms. The number of nitrogens with one attached hydrogen (secondary N) is 1. The molecule has 0 saturated heterocycles. The molecular formula is C11H15F2NO. The molecule has 0 aliphatic rings. The fourth-order valence-electron chi connectivity index (χ4n) is 1.16. The normalized spacial score (nSPS) is 10.4. The smallest absolute Gasteiger partial charge is 0.387 e. The van der Waals surface area contributed by atoms with E-state index in [0.717, 1.165) is 25.1 Å². The fraction of sp³-hybridized carbons (Fsp3) is 0.455. The van der Waals surface area contributed by atoms with Crippen molar-refractivity contribution in [2.75, 3.05) is 11.9 Å². The second kappa shape index (κ2) is 6.22. The van der Waals surface area contributed by atoms with Crippen LogP contribution in [0.4, 0.5) is 14.5 Å². The lowest BCUT2D eigenvalue weighted by molar-refractivity contribution is -0.0498. The van der Waals surface area contributed by atoms with E-state index in [9.17, 15) is 8.78 Å². The van der Waals surface area contributed by atoms with Gasteiger partial charge in [-0.1, -0.05) is 13.3 Å². The quantitative estimate of drug-likeness (QED) is 0.733. The number of unbranched alkanes of at least 4 members (excludes halogenated alkanes) is 1. The number of alkyl halides is 2. The van der Waals surface area contributed by atoms with Gasteiger partial charge < -0.3 is 10.1 Å². The molecule has 2 nitrogen and oxygen atoms in total. The van der Waals surface area contributed by atoms with Crippen LogP contribution < -0.4 is 10.1 Å². The first-order chi connectivity index (χ1) is 7.22. The van der Waals surface area contributed by atoms with Crippen LogP contribution in [-0.4, -0.2) is 13.2 Å². The van der Waals surface area contributed by atoms with Crippen molar-refractivity contribution in [2.45, 2.75) is 26.4 Å². The van der Waals surface area contributed by atoms with Gasteiger partial charge in [0.15, 0.2) is 0 Å². The summed E-state index contributed by atoms with van der Waals surface area (Å²) in [6, 6.07) is 6.52. The van der Waals surface area contributed by atoms with Crippen LogP contribution in [0.2, 0.25) is 0 Å². The van der Waals surface area contributed by atoms with E-state index in [1.54, 1.807) is 12.1 Å². The van der Waals surface area contributed by atoms with Gasteiger partial charge in [0.2, 0.25) is 0 Å². The molecule has 0 bridgehead atoms. The third-order valence-electron chi connectivity index (χ3n) is 1.94. The summed E-state index contributed by atoms with van der Waals surface area (Å²) in [5.41, 5.74) is 0.921. The molecule has 0 fully saturated rings. The first-order valence-corrected chi connectivity index (χ1v) is 5.01. The SMILES string of the molecule is CCCCNc1ccc(OC(F)F)cc1. The van der Waals surface area contributed by atoms with Crippen molar-refractivity contribution in [3.63, 3.8) is 0 Å². The predicted molar refractivity (Wildman–Crippen MR) is 56.5 cm³/mol. The Labute approximate surface area is 88.3 Å². The maximum Gasteiger partial charge on any atom is 0.387 e. The van der Waals surface area contributed by atoms with E-state index in [0.29, 0.717) is 0 Å². The summed E-state index contributed by atoms with van der Waals surface area (Å²) in [6.45, 7) is 0.246. The maximum absolute atomic E-state index is 11.8. The maximum atomic E-state index is 11.8. The monoisotopic (exact) mass is 215 g/mol. The number of halogens is 2. The first kappa shape index (κ1) is 11.8. The van der Waals surface area contributed by atoms with Crippen molar-refractivity contribution >= 4 is 5.69 Å².